The van der Waals surface area contributed by atoms with Crippen molar-refractivity contribution in [2.45, 2.75) is 153 Å². The predicted octanol–water partition coefficient (Wildman–Crippen LogP) is 2.77. The largest absolute Gasteiger partial charge is 0.479 e. The average molecular weight is 1130 g/mol. The van der Waals surface area contributed by atoms with Gasteiger partial charge in [-0.25, -0.2) is 9.59 Å². The number of amides is 3. The monoisotopic (exact) mass is 1120 g/mol. The van der Waals surface area contributed by atoms with Gasteiger partial charge in [-0.05, 0) is 160 Å². The second-order valence-corrected chi connectivity index (χ2v) is 25.2. The Balaban J connectivity index is 0.726. The first kappa shape index (κ1) is 58.3. The predicted molar refractivity (Wildman–Crippen MR) is 294 cm³/mol. The molecule has 2 bridgehead atoms. The standard InChI is InChI=1S/C60H80N6O15/c1-33(68)64-42(7-4-5-18-61)52(75)63-20-6-19-62-43-21-35(10-15-45(43)80-54-50(74)48(72)49(73)51(81-54)53(76)77)28-79-55(78)65-59-29-58(30-59,31-59)24-34-8-12-38(13-9-34)66-26-37-23-41-40-14-11-36-22-39(69)16-17-56(36,2)47(40)44(70)25-57(41,3)60(37,32-66)46(71)27-67/h8-10,12-13,15-17,21-22,37,40-42,44,47-51,54,62,67,70,72-74H,4-7,11,14,18-20,23-32,61H2,1-3H3,(H,63,75)(H,64,68)(H,65,78)(H,76,77)/t37-,40-,41-,42-,44-,47+,48-,49-,50+,51-,54+,56-,57-,58?,59?,60+/m0/s1. The summed E-state index contributed by atoms with van der Waals surface area (Å²) in [4.78, 5) is 78.7. The lowest BCUT2D eigenvalue weighted by atomic mass is 9.38. The van der Waals surface area contributed by atoms with Crippen molar-refractivity contribution in [3.63, 3.8) is 0 Å². The third-order valence-electron chi connectivity index (χ3n) is 20.1. The van der Waals surface area contributed by atoms with Crippen LogP contribution in [0.4, 0.5) is 16.2 Å². The fourth-order valence-corrected chi connectivity index (χ4v) is 16.6. The molecule has 2 aromatic carbocycles. The van der Waals surface area contributed by atoms with E-state index in [1.165, 1.54) is 18.6 Å². The number of aliphatic hydroxyl groups excluding tert-OH is 5. The molecule has 0 aromatic heterocycles. The van der Waals surface area contributed by atoms with Crippen LogP contribution in [0.5, 0.6) is 5.75 Å². The number of aliphatic hydroxyl groups is 5. The number of nitrogens with two attached hydrogens (primary N) is 1. The summed E-state index contributed by atoms with van der Waals surface area (Å²) < 4.78 is 17.0. The van der Waals surface area contributed by atoms with E-state index >= 15 is 0 Å². The lowest BCUT2D eigenvalue weighted by Gasteiger charge is -2.70. The van der Waals surface area contributed by atoms with Gasteiger partial charge in [-0.3, -0.25) is 19.2 Å². The van der Waals surface area contributed by atoms with E-state index < -0.39 is 77.8 Å². The van der Waals surface area contributed by atoms with Gasteiger partial charge in [0.2, 0.25) is 18.1 Å². The molecule has 21 heteroatoms. The number of nitrogens with one attached hydrogen (secondary N) is 4. The normalized spacial score (nSPS) is 36.2. The molecule has 21 nitrogen and oxygen atoms in total. The van der Waals surface area contributed by atoms with Crippen molar-refractivity contribution in [3.8, 4) is 5.75 Å². The zero-order chi connectivity index (χ0) is 57.8. The lowest BCUT2D eigenvalue weighted by molar-refractivity contribution is -0.271. The van der Waals surface area contributed by atoms with Crippen molar-refractivity contribution in [2.24, 2.45) is 51.1 Å². The summed E-state index contributed by atoms with van der Waals surface area (Å²) in [5, 5.41) is 75.4. The molecule has 12 N–H and O–H groups in total. The number of fused-ring (bicyclic) bond motifs is 7. The van der Waals surface area contributed by atoms with Crippen LogP contribution in [0.25, 0.3) is 0 Å². The van der Waals surface area contributed by atoms with Gasteiger partial charge in [0.15, 0.2) is 17.7 Å². The number of carboxylic acid groups (broad SMARTS) is 1. The number of anilines is 2. The van der Waals surface area contributed by atoms with E-state index in [4.69, 9.17) is 19.9 Å². The molecule has 6 saturated carbocycles. The molecule has 0 radical (unpaired) electrons. The molecule has 2 heterocycles. The number of unbranched alkanes of at least 4 members (excludes halogenated alkanes) is 1. The number of benzene rings is 2. The molecule has 14 atom stereocenters. The summed E-state index contributed by atoms with van der Waals surface area (Å²) in [6.07, 6.45) is 3.37. The van der Waals surface area contributed by atoms with Gasteiger partial charge in [0, 0.05) is 55.7 Å². The highest BCUT2D eigenvalue weighted by Crippen LogP contribution is 2.73. The van der Waals surface area contributed by atoms with Crippen LogP contribution in [0.1, 0.15) is 103 Å². The first-order chi connectivity index (χ1) is 38.6. The van der Waals surface area contributed by atoms with Crippen molar-refractivity contribution in [2.75, 3.05) is 49.5 Å². The number of carboxylic acids is 1. The topological polar surface area (TPSA) is 329 Å². The minimum atomic E-state index is -1.92. The van der Waals surface area contributed by atoms with E-state index in [0.29, 0.717) is 63.0 Å². The minimum Gasteiger partial charge on any atom is -0.479 e. The number of hydrogen-bond donors (Lipinski definition) is 11. The van der Waals surface area contributed by atoms with Gasteiger partial charge in [-0.15, -0.1) is 0 Å². The second kappa shape index (κ2) is 22.7. The Labute approximate surface area is 471 Å². The number of ketones is 2. The molecule has 440 valence electrons. The number of carbonyl (C=O) groups excluding carboxylic acids is 5. The Kier molecular flexibility index (Phi) is 16.3. The summed E-state index contributed by atoms with van der Waals surface area (Å²) >= 11 is 0. The molecule has 0 unspecified atom stereocenters. The van der Waals surface area contributed by atoms with Crippen LogP contribution < -0.4 is 36.6 Å². The van der Waals surface area contributed by atoms with Gasteiger partial charge in [0.05, 0.1) is 17.2 Å². The first-order valence-corrected chi connectivity index (χ1v) is 28.8. The fourth-order valence-electron chi connectivity index (χ4n) is 16.6. The Morgan fingerprint density at radius 3 is 2.38 bits per heavy atom. The maximum Gasteiger partial charge on any atom is 0.407 e. The summed E-state index contributed by atoms with van der Waals surface area (Å²) in [6, 6.07) is 12.6. The minimum absolute atomic E-state index is 0.00198. The third-order valence-corrected chi connectivity index (χ3v) is 20.1. The third kappa shape index (κ3) is 10.8. The lowest BCUT2D eigenvalue weighted by Crippen LogP contribution is -2.75. The molecule has 0 spiro atoms. The molecule has 9 aliphatic rings. The number of aliphatic carboxylic acids is 1. The molecule has 2 aromatic rings. The number of nitrogens with zero attached hydrogens (tertiary/aromatic N) is 1. The van der Waals surface area contributed by atoms with E-state index in [0.717, 1.165) is 56.2 Å². The smallest absolute Gasteiger partial charge is 0.407 e. The molecule has 2 aliphatic heterocycles. The molecule has 81 heavy (non-hydrogen) atoms. The number of alkyl carbamates (subject to hydrolysis) is 1. The number of Topliss-reactive ketones (excluding diaryl/α,β-unsaturated/α-hetero) is 1. The maximum absolute atomic E-state index is 14.2. The molecule has 8 fully saturated rings. The van der Waals surface area contributed by atoms with Gasteiger partial charge in [0.25, 0.3) is 0 Å². The van der Waals surface area contributed by atoms with Crippen LogP contribution in [0.3, 0.4) is 0 Å². The van der Waals surface area contributed by atoms with Crippen molar-refractivity contribution < 1.29 is 73.6 Å². The van der Waals surface area contributed by atoms with Gasteiger partial charge < -0.3 is 76.8 Å². The molecule has 11 rings (SSSR count). The van der Waals surface area contributed by atoms with Crippen molar-refractivity contribution in [1.82, 2.24) is 16.0 Å². The number of hydrogen-bond acceptors (Lipinski definition) is 17. The van der Waals surface area contributed by atoms with E-state index in [9.17, 15) is 59.4 Å². The van der Waals surface area contributed by atoms with Crippen LogP contribution in [0.15, 0.2) is 66.3 Å². The highest BCUT2D eigenvalue weighted by molar-refractivity contribution is 6.01. The molecular formula is C60H80N6O15. The van der Waals surface area contributed by atoms with Crippen molar-refractivity contribution in [3.05, 3.63) is 77.4 Å². The molecular weight excluding hydrogens is 1040 g/mol. The van der Waals surface area contributed by atoms with E-state index in [1.807, 2.05) is 6.08 Å². The van der Waals surface area contributed by atoms with Gasteiger partial charge >= 0.3 is 12.1 Å². The number of carbonyl (C=O) groups is 6. The van der Waals surface area contributed by atoms with E-state index in [2.05, 4.69) is 64.3 Å². The second-order valence-electron chi connectivity index (χ2n) is 25.2. The average Bonchev–Trinajstić information content (AvgIpc) is 1.84. The first-order valence-electron chi connectivity index (χ1n) is 28.8. The quantitative estimate of drug-likeness (QED) is 0.0755. The molecule has 3 amide bonds. The Hall–Kier alpha value is -5.94. The van der Waals surface area contributed by atoms with E-state index in [1.54, 1.807) is 24.3 Å². The highest BCUT2D eigenvalue weighted by Gasteiger charge is 2.73. The summed E-state index contributed by atoms with van der Waals surface area (Å²) in [5.74, 6) is -1.91. The Morgan fingerprint density at radius 1 is 0.938 bits per heavy atom. The van der Waals surface area contributed by atoms with Crippen LogP contribution >= 0.6 is 0 Å². The van der Waals surface area contributed by atoms with Crippen LogP contribution in [0.2, 0.25) is 0 Å². The number of rotatable bonds is 22. The number of allylic oxidation sites excluding steroid dienone is 4. The van der Waals surface area contributed by atoms with Crippen LogP contribution in [-0.2, 0) is 46.5 Å². The zero-order valence-corrected chi connectivity index (χ0v) is 46.4. The summed E-state index contributed by atoms with van der Waals surface area (Å²) in [7, 11) is 0. The summed E-state index contributed by atoms with van der Waals surface area (Å²) in [6.45, 7) is 7.16. The van der Waals surface area contributed by atoms with Crippen molar-refractivity contribution >= 4 is 46.8 Å². The van der Waals surface area contributed by atoms with Gasteiger partial charge in [0.1, 0.15) is 43.3 Å². The van der Waals surface area contributed by atoms with Gasteiger partial charge in [-0.2, -0.15) is 0 Å². The molecule has 7 aliphatic carbocycles. The SMILES string of the molecule is CC(=O)N[C@@H](CCCCN)C(=O)NCCCNc1cc(COC(=O)NC23CC(Cc4ccc(N5C[C@@H]6C[C@H]7[C@@H]8CCC9=CC(=O)C=C[C@]9(C)[C@H]8[C@@H](O)C[C@]7(C)[C@]6(C(=O)CO)C5)cc4)(C2)C3)ccc1O[C@@H]1O[C@H](C(=O)O)[C@@H](O)[C@H](O)[C@H]1O. The van der Waals surface area contributed by atoms with Crippen LogP contribution in [0, 0.1) is 45.3 Å². The van der Waals surface area contributed by atoms with Gasteiger partial charge in [-0.1, -0.05) is 43.7 Å². The summed E-state index contributed by atoms with van der Waals surface area (Å²) in [5.41, 5.74) is 7.72. The fraction of sp³-hybridized carbons (Fsp3) is 0.633. The maximum atomic E-state index is 14.2. The van der Waals surface area contributed by atoms with E-state index in [-0.39, 0.29) is 83.5 Å². The Morgan fingerprint density at radius 2 is 1.68 bits per heavy atom. The molecule has 2 saturated heterocycles. The van der Waals surface area contributed by atoms with Crippen LogP contribution in [-0.4, -0.2) is 154 Å². The Bertz CT molecular complexity index is 2810. The zero-order valence-electron chi connectivity index (χ0n) is 46.4. The van der Waals surface area contributed by atoms with Crippen molar-refractivity contribution in [1.29, 1.82) is 0 Å². The highest BCUT2D eigenvalue weighted by atomic mass is 16.7. The number of ether oxygens (including phenoxy) is 3.